The predicted octanol–water partition coefficient (Wildman–Crippen LogP) is 4.97. The Morgan fingerprint density at radius 3 is 1.58 bits per heavy atom. The lowest BCUT2D eigenvalue weighted by atomic mass is 9.85. The standard InChI is InChI=1S/C17H22N2O5.C15H20N2O4/c1-4-24-16(21)11-17(2,3)15-10-12-9-13(19(22)23)5-6-14(12)18(15)7-8-20;1-15(2,5-7-18)14-10-11-9-12(17(20)21)3-4-13(11)16(14)6-8-19/h5-6,9-10,20H,4,7-8,11H2,1-3H3;3-4,9-10,18-19H,5-8H2,1-2H3. The fourth-order valence-electron chi connectivity index (χ4n) is 5.62. The Morgan fingerprint density at radius 2 is 1.20 bits per heavy atom. The van der Waals surface area contributed by atoms with Crippen LogP contribution in [0.15, 0.2) is 48.5 Å². The summed E-state index contributed by atoms with van der Waals surface area (Å²) < 4.78 is 8.90. The highest BCUT2D eigenvalue weighted by Gasteiger charge is 2.30. The minimum Gasteiger partial charge on any atom is -0.466 e. The van der Waals surface area contributed by atoms with Crippen molar-refractivity contribution in [2.45, 2.75) is 71.4 Å². The van der Waals surface area contributed by atoms with Gasteiger partial charge in [0.2, 0.25) is 0 Å². The molecule has 13 nitrogen and oxygen atoms in total. The van der Waals surface area contributed by atoms with Gasteiger partial charge in [0.1, 0.15) is 0 Å². The van der Waals surface area contributed by atoms with Crippen molar-refractivity contribution in [1.29, 1.82) is 0 Å². The van der Waals surface area contributed by atoms with Crippen LogP contribution in [0.25, 0.3) is 21.8 Å². The number of nitro groups is 2. The van der Waals surface area contributed by atoms with E-state index in [0.717, 1.165) is 27.8 Å². The second-order valence-corrected chi connectivity index (χ2v) is 12.0. The van der Waals surface area contributed by atoms with Crippen LogP contribution in [0.1, 0.15) is 58.8 Å². The molecule has 0 atom stereocenters. The minimum atomic E-state index is -0.533. The van der Waals surface area contributed by atoms with E-state index in [9.17, 15) is 40.3 Å². The highest BCUT2D eigenvalue weighted by atomic mass is 16.6. The van der Waals surface area contributed by atoms with Crippen LogP contribution in [-0.2, 0) is 33.5 Å². The summed E-state index contributed by atoms with van der Waals surface area (Å²) in [5.41, 5.74) is 2.69. The lowest BCUT2D eigenvalue weighted by Crippen LogP contribution is -2.26. The highest BCUT2D eigenvalue weighted by Crippen LogP contribution is 2.35. The van der Waals surface area contributed by atoms with Crippen molar-refractivity contribution in [3.8, 4) is 0 Å². The van der Waals surface area contributed by atoms with Gasteiger partial charge in [-0.05, 0) is 37.6 Å². The number of esters is 1. The molecule has 0 saturated heterocycles. The molecule has 0 amide bonds. The normalized spacial score (nSPS) is 11.8. The van der Waals surface area contributed by atoms with Gasteiger partial charge in [-0.25, -0.2) is 0 Å². The van der Waals surface area contributed by atoms with Crippen molar-refractivity contribution in [2.24, 2.45) is 0 Å². The molecular weight excluding hydrogens is 584 g/mol. The number of nitrogens with zero attached hydrogens (tertiary/aromatic N) is 4. The molecule has 0 fully saturated rings. The molecule has 0 radical (unpaired) electrons. The third-order valence-electron chi connectivity index (χ3n) is 7.85. The fourth-order valence-corrected chi connectivity index (χ4v) is 5.62. The summed E-state index contributed by atoms with van der Waals surface area (Å²) in [5, 5.41) is 51.2. The maximum atomic E-state index is 11.9. The van der Waals surface area contributed by atoms with Crippen LogP contribution in [-0.4, -0.2) is 66.7 Å². The first-order valence-corrected chi connectivity index (χ1v) is 14.7. The summed E-state index contributed by atoms with van der Waals surface area (Å²) in [6, 6.07) is 13.1. The monoisotopic (exact) mass is 626 g/mol. The van der Waals surface area contributed by atoms with E-state index in [-0.39, 0.29) is 49.0 Å². The Morgan fingerprint density at radius 1 is 0.756 bits per heavy atom. The average Bonchev–Trinajstić information content (AvgIpc) is 3.52. The summed E-state index contributed by atoms with van der Waals surface area (Å²) in [5.74, 6) is -0.297. The number of hydrogen-bond donors (Lipinski definition) is 3. The van der Waals surface area contributed by atoms with E-state index < -0.39 is 15.3 Å². The van der Waals surface area contributed by atoms with Gasteiger partial charge in [0, 0.05) is 88.0 Å². The number of fused-ring (bicyclic) bond motifs is 2. The third kappa shape index (κ3) is 8.04. The molecule has 13 heteroatoms. The van der Waals surface area contributed by atoms with Crippen molar-refractivity contribution in [1.82, 2.24) is 9.13 Å². The smallest absolute Gasteiger partial charge is 0.306 e. The van der Waals surface area contributed by atoms with Crippen LogP contribution < -0.4 is 0 Å². The highest BCUT2D eigenvalue weighted by molar-refractivity contribution is 5.85. The van der Waals surface area contributed by atoms with Gasteiger partial charge in [0.25, 0.3) is 11.4 Å². The predicted molar refractivity (Wildman–Crippen MR) is 170 cm³/mol. The molecule has 0 aliphatic carbocycles. The minimum absolute atomic E-state index is 0.0109. The van der Waals surface area contributed by atoms with Crippen LogP contribution in [0.2, 0.25) is 0 Å². The van der Waals surface area contributed by atoms with Gasteiger partial charge in [-0.3, -0.25) is 25.0 Å². The number of rotatable bonds is 13. The lowest BCUT2D eigenvalue weighted by Gasteiger charge is -2.26. The number of aliphatic hydroxyl groups is 3. The van der Waals surface area contributed by atoms with E-state index in [2.05, 4.69) is 0 Å². The number of aliphatic hydroxyl groups excluding tert-OH is 3. The molecule has 0 unspecified atom stereocenters. The van der Waals surface area contributed by atoms with E-state index in [4.69, 9.17) is 4.74 Å². The van der Waals surface area contributed by atoms with Crippen LogP contribution in [0.3, 0.4) is 0 Å². The lowest BCUT2D eigenvalue weighted by molar-refractivity contribution is -0.384. The van der Waals surface area contributed by atoms with Gasteiger partial charge in [-0.2, -0.15) is 0 Å². The number of aromatic nitrogens is 2. The SMILES string of the molecule is CC(C)(CCO)c1cc2cc([N+](=O)[O-])ccc2n1CCO.CCOC(=O)CC(C)(C)c1cc2cc([N+](=O)[O-])ccc2n1CCO. The number of ether oxygens (including phenoxy) is 1. The fraction of sp³-hybridized carbons (Fsp3) is 0.469. The summed E-state index contributed by atoms with van der Waals surface area (Å²) >= 11 is 0. The van der Waals surface area contributed by atoms with Crippen LogP contribution >= 0.6 is 0 Å². The number of non-ortho nitro benzene ring substituents is 2. The van der Waals surface area contributed by atoms with Gasteiger partial charge in [-0.1, -0.05) is 27.7 Å². The largest absolute Gasteiger partial charge is 0.466 e. The zero-order chi connectivity index (χ0) is 33.5. The van der Waals surface area contributed by atoms with Gasteiger partial charge >= 0.3 is 5.97 Å². The topological polar surface area (TPSA) is 183 Å². The van der Waals surface area contributed by atoms with Crippen molar-refractivity contribution in [3.63, 3.8) is 0 Å². The molecule has 2 aromatic heterocycles. The summed E-state index contributed by atoms with van der Waals surface area (Å²) in [6.07, 6.45) is 0.765. The van der Waals surface area contributed by atoms with Crippen molar-refractivity contribution < 1.29 is 34.7 Å². The first-order chi connectivity index (χ1) is 21.2. The van der Waals surface area contributed by atoms with E-state index in [1.54, 1.807) is 25.1 Å². The number of benzene rings is 2. The Kier molecular flexibility index (Phi) is 11.4. The maximum absolute atomic E-state index is 11.9. The summed E-state index contributed by atoms with van der Waals surface area (Å²) in [7, 11) is 0. The molecule has 0 saturated carbocycles. The second kappa shape index (κ2) is 14.6. The summed E-state index contributed by atoms with van der Waals surface area (Å²) in [4.78, 5) is 32.9. The maximum Gasteiger partial charge on any atom is 0.306 e. The average molecular weight is 627 g/mol. The number of carbonyl (C=O) groups is 1. The molecule has 0 aliphatic heterocycles. The molecule has 4 rings (SSSR count). The van der Waals surface area contributed by atoms with Crippen LogP contribution in [0.5, 0.6) is 0 Å². The zero-order valence-electron chi connectivity index (χ0n) is 26.4. The molecule has 0 spiro atoms. The van der Waals surface area contributed by atoms with Crippen molar-refractivity contribution in [3.05, 3.63) is 80.1 Å². The van der Waals surface area contributed by atoms with Gasteiger partial charge < -0.3 is 29.2 Å². The van der Waals surface area contributed by atoms with Crippen LogP contribution in [0, 0.1) is 20.2 Å². The number of nitro benzene ring substituents is 2. The Balaban J connectivity index is 0.000000248. The molecule has 2 heterocycles. The van der Waals surface area contributed by atoms with E-state index in [1.807, 2.05) is 49.0 Å². The number of carbonyl (C=O) groups excluding carboxylic acids is 1. The van der Waals surface area contributed by atoms with E-state index in [1.165, 1.54) is 18.2 Å². The quantitative estimate of drug-likeness (QED) is 0.105. The van der Waals surface area contributed by atoms with Gasteiger partial charge in [0.15, 0.2) is 0 Å². The van der Waals surface area contributed by atoms with Crippen LogP contribution in [0.4, 0.5) is 11.4 Å². The molecule has 2 aromatic carbocycles. The number of hydrogen-bond acceptors (Lipinski definition) is 9. The van der Waals surface area contributed by atoms with Gasteiger partial charge in [-0.15, -0.1) is 0 Å². The Labute approximate surface area is 260 Å². The van der Waals surface area contributed by atoms with Crippen molar-refractivity contribution in [2.75, 3.05) is 26.4 Å². The first-order valence-electron chi connectivity index (χ1n) is 14.7. The van der Waals surface area contributed by atoms with Crippen molar-refractivity contribution >= 4 is 39.1 Å². The third-order valence-corrected chi connectivity index (χ3v) is 7.85. The summed E-state index contributed by atoms with van der Waals surface area (Å²) in [6.45, 7) is 10.7. The van der Waals surface area contributed by atoms with E-state index in [0.29, 0.717) is 31.5 Å². The zero-order valence-corrected chi connectivity index (χ0v) is 26.4. The first kappa shape index (κ1) is 35.2. The van der Waals surface area contributed by atoms with Gasteiger partial charge in [0.05, 0.1) is 36.1 Å². The molecular formula is C32H42N4O9. The second-order valence-electron chi connectivity index (χ2n) is 12.0. The molecule has 244 valence electrons. The molecule has 4 aromatic rings. The molecule has 0 bridgehead atoms. The molecule has 0 aliphatic rings. The Bertz CT molecular complexity index is 1670. The Hall–Kier alpha value is -4.33. The molecule has 3 N–H and O–H groups in total. The molecule has 45 heavy (non-hydrogen) atoms. The van der Waals surface area contributed by atoms with E-state index >= 15 is 0 Å².